The van der Waals surface area contributed by atoms with Crippen LogP contribution >= 0.6 is 12.2 Å². The zero-order chi connectivity index (χ0) is 17.1. The molecule has 2 aromatic carbocycles. The largest absolute Gasteiger partial charge is 0.497 e. The zero-order valence-corrected chi connectivity index (χ0v) is 13.7. The molecule has 0 atom stereocenters. The molecule has 122 valence electrons. The van der Waals surface area contributed by atoms with Crippen LogP contribution in [0.1, 0.15) is 0 Å². The summed E-state index contributed by atoms with van der Waals surface area (Å²) in [6.45, 7) is -0.162. The van der Waals surface area contributed by atoms with Gasteiger partial charge in [-0.15, -0.1) is 0 Å². The van der Waals surface area contributed by atoms with Crippen molar-refractivity contribution < 1.29 is 9.53 Å². The Morgan fingerprint density at radius 2 is 1.92 bits per heavy atom. The molecule has 1 heterocycles. The molecule has 0 unspecified atom stereocenters. The molecule has 0 bridgehead atoms. The molecule has 0 fully saturated rings. The first-order valence-corrected chi connectivity index (χ1v) is 7.65. The minimum absolute atomic E-state index is 0.162. The number of benzene rings is 2. The maximum Gasteiger partial charge on any atom is 0.262 e. The number of ether oxygens (including phenoxy) is 1. The van der Waals surface area contributed by atoms with E-state index in [1.165, 1.54) is 4.57 Å². The number of aromatic amines is 1. The molecule has 24 heavy (non-hydrogen) atoms. The highest BCUT2D eigenvalue weighted by Crippen LogP contribution is 2.15. The summed E-state index contributed by atoms with van der Waals surface area (Å²) in [4.78, 5) is 27.7. The lowest BCUT2D eigenvalue weighted by Gasteiger charge is -2.09. The normalized spacial score (nSPS) is 10.5. The highest BCUT2D eigenvalue weighted by atomic mass is 32.1. The minimum atomic E-state index is -0.336. The maximum atomic E-state index is 12.5. The Morgan fingerprint density at radius 1 is 1.21 bits per heavy atom. The first kappa shape index (κ1) is 15.9. The SMILES string of the molecule is COc1ccc(NC(=O)Cn2c(=S)[nH]c3ccccc3c2=O)cc1. The van der Waals surface area contributed by atoms with Crippen LogP contribution in [0.4, 0.5) is 5.69 Å². The summed E-state index contributed by atoms with van der Waals surface area (Å²) in [6, 6.07) is 14.0. The molecule has 0 aliphatic carbocycles. The van der Waals surface area contributed by atoms with E-state index in [1.54, 1.807) is 49.6 Å². The lowest BCUT2D eigenvalue weighted by molar-refractivity contribution is -0.116. The predicted octanol–water partition coefficient (Wildman–Crippen LogP) is 2.71. The van der Waals surface area contributed by atoms with Crippen LogP contribution in [0.2, 0.25) is 0 Å². The highest BCUT2D eigenvalue weighted by molar-refractivity contribution is 7.71. The van der Waals surface area contributed by atoms with Crippen molar-refractivity contribution in [2.24, 2.45) is 0 Å². The van der Waals surface area contributed by atoms with Gasteiger partial charge in [-0.3, -0.25) is 14.2 Å². The van der Waals surface area contributed by atoms with E-state index in [0.717, 1.165) is 0 Å². The number of carbonyl (C=O) groups excluding carboxylic acids is 1. The lowest BCUT2D eigenvalue weighted by Crippen LogP contribution is -2.29. The molecular weight excluding hydrogens is 326 g/mol. The van der Waals surface area contributed by atoms with Gasteiger partial charge in [0.2, 0.25) is 5.91 Å². The van der Waals surface area contributed by atoms with Crippen molar-refractivity contribution >= 4 is 34.7 Å². The van der Waals surface area contributed by atoms with Crippen LogP contribution in [-0.4, -0.2) is 22.6 Å². The van der Waals surface area contributed by atoms with Gasteiger partial charge in [-0.25, -0.2) is 0 Å². The summed E-state index contributed by atoms with van der Waals surface area (Å²) in [7, 11) is 1.57. The molecule has 7 heteroatoms. The number of hydrogen-bond donors (Lipinski definition) is 2. The Kier molecular flexibility index (Phi) is 4.43. The van der Waals surface area contributed by atoms with Crippen molar-refractivity contribution in [3.05, 3.63) is 63.7 Å². The van der Waals surface area contributed by atoms with Gasteiger partial charge in [0.15, 0.2) is 4.77 Å². The molecule has 0 aliphatic rings. The summed E-state index contributed by atoms with van der Waals surface area (Å²) in [5.74, 6) is 0.359. The van der Waals surface area contributed by atoms with Crippen LogP contribution in [-0.2, 0) is 11.3 Å². The van der Waals surface area contributed by atoms with E-state index in [0.29, 0.717) is 22.3 Å². The number of carbonyl (C=O) groups is 1. The standard InChI is InChI=1S/C17H15N3O3S/c1-23-12-8-6-11(7-9-12)18-15(21)10-20-16(22)13-4-2-3-5-14(13)19-17(20)24/h2-9H,10H2,1H3,(H,18,21)(H,19,24). The van der Waals surface area contributed by atoms with Gasteiger partial charge in [0.05, 0.1) is 18.0 Å². The Balaban J connectivity index is 1.85. The third kappa shape index (κ3) is 3.21. The number of H-pyrrole nitrogens is 1. The van der Waals surface area contributed by atoms with E-state index < -0.39 is 0 Å². The van der Waals surface area contributed by atoms with Gasteiger partial charge in [0.25, 0.3) is 5.56 Å². The number of nitrogens with one attached hydrogen (secondary N) is 2. The molecule has 0 radical (unpaired) electrons. The van der Waals surface area contributed by atoms with E-state index in [1.807, 2.05) is 6.07 Å². The molecule has 0 saturated carbocycles. The molecule has 1 amide bonds. The van der Waals surface area contributed by atoms with E-state index in [9.17, 15) is 9.59 Å². The second kappa shape index (κ2) is 6.67. The summed E-state index contributed by atoms with van der Waals surface area (Å²) in [5.41, 5.74) is 0.975. The lowest BCUT2D eigenvalue weighted by atomic mass is 10.2. The fourth-order valence-corrected chi connectivity index (χ4v) is 2.62. The summed E-state index contributed by atoms with van der Waals surface area (Å²) in [5, 5.41) is 3.22. The van der Waals surface area contributed by atoms with Gasteiger partial charge in [-0.05, 0) is 48.6 Å². The quantitative estimate of drug-likeness (QED) is 0.716. The molecule has 0 spiro atoms. The molecule has 2 N–H and O–H groups in total. The molecule has 1 aromatic heterocycles. The van der Waals surface area contributed by atoms with E-state index >= 15 is 0 Å². The van der Waals surface area contributed by atoms with Gasteiger partial charge < -0.3 is 15.0 Å². The summed E-state index contributed by atoms with van der Waals surface area (Å²) in [6.07, 6.45) is 0. The van der Waals surface area contributed by atoms with Gasteiger partial charge in [-0.2, -0.15) is 0 Å². The number of aromatic nitrogens is 2. The molecular formula is C17H15N3O3S. The van der Waals surface area contributed by atoms with Crippen LogP contribution in [0.3, 0.4) is 0 Å². The Bertz CT molecular complexity index is 1010. The van der Waals surface area contributed by atoms with Crippen molar-refractivity contribution in [2.45, 2.75) is 6.54 Å². The number of para-hydroxylation sites is 1. The van der Waals surface area contributed by atoms with Gasteiger partial charge in [0.1, 0.15) is 12.3 Å². The number of fused-ring (bicyclic) bond motifs is 1. The van der Waals surface area contributed by atoms with Crippen molar-refractivity contribution in [3.8, 4) is 5.75 Å². The van der Waals surface area contributed by atoms with Crippen LogP contribution in [0.5, 0.6) is 5.75 Å². The molecule has 0 saturated heterocycles. The maximum absolute atomic E-state index is 12.5. The Hall–Kier alpha value is -2.93. The van der Waals surface area contributed by atoms with Crippen LogP contribution in [0.15, 0.2) is 53.3 Å². The smallest absolute Gasteiger partial charge is 0.262 e. The number of methoxy groups -OCH3 is 1. The third-order valence-electron chi connectivity index (χ3n) is 3.56. The highest BCUT2D eigenvalue weighted by Gasteiger charge is 2.10. The van der Waals surface area contributed by atoms with Crippen LogP contribution in [0.25, 0.3) is 10.9 Å². The van der Waals surface area contributed by atoms with Gasteiger partial charge in [-0.1, -0.05) is 12.1 Å². The van der Waals surface area contributed by atoms with E-state index in [-0.39, 0.29) is 22.8 Å². The predicted molar refractivity (Wildman–Crippen MR) is 95.0 cm³/mol. The number of amides is 1. The van der Waals surface area contributed by atoms with Crippen molar-refractivity contribution in [1.82, 2.24) is 9.55 Å². The number of anilines is 1. The molecule has 3 aromatic rings. The summed E-state index contributed by atoms with van der Waals surface area (Å²) < 4.78 is 6.52. The van der Waals surface area contributed by atoms with Gasteiger partial charge >= 0.3 is 0 Å². The molecule has 0 aliphatic heterocycles. The fourth-order valence-electron chi connectivity index (χ4n) is 2.36. The summed E-state index contributed by atoms with van der Waals surface area (Å²) >= 11 is 5.19. The average molecular weight is 341 g/mol. The minimum Gasteiger partial charge on any atom is -0.497 e. The van der Waals surface area contributed by atoms with Crippen molar-refractivity contribution in [3.63, 3.8) is 0 Å². The van der Waals surface area contributed by atoms with Gasteiger partial charge in [0, 0.05) is 5.69 Å². The Labute approximate surface area is 142 Å². The second-order valence-corrected chi connectivity index (χ2v) is 5.53. The third-order valence-corrected chi connectivity index (χ3v) is 3.89. The second-order valence-electron chi connectivity index (χ2n) is 5.14. The fraction of sp³-hybridized carbons (Fsp3) is 0.118. The topological polar surface area (TPSA) is 76.1 Å². The monoisotopic (exact) mass is 341 g/mol. The molecule has 3 rings (SSSR count). The van der Waals surface area contributed by atoms with Crippen LogP contribution < -0.4 is 15.6 Å². The van der Waals surface area contributed by atoms with E-state index in [2.05, 4.69) is 10.3 Å². The zero-order valence-electron chi connectivity index (χ0n) is 12.9. The Morgan fingerprint density at radius 3 is 2.62 bits per heavy atom. The number of rotatable bonds is 4. The van der Waals surface area contributed by atoms with Crippen molar-refractivity contribution in [1.29, 1.82) is 0 Å². The van der Waals surface area contributed by atoms with E-state index in [4.69, 9.17) is 17.0 Å². The van der Waals surface area contributed by atoms with Crippen molar-refractivity contribution in [2.75, 3.05) is 12.4 Å². The molecule has 6 nitrogen and oxygen atoms in total. The first-order valence-electron chi connectivity index (χ1n) is 7.24. The first-order chi connectivity index (χ1) is 11.6. The van der Waals surface area contributed by atoms with Crippen LogP contribution in [0, 0.1) is 4.77 Å². The number of nitrogens with zero attached hydrogens (tertiary/aromatic N) is 1. The average Bonchev–Trinajstić information content (AvgIpc) is 2.59. The number of hydrogen-bond acceptors (Lipinski definition) is 4.